The normalized spacial score (nSPS) is 10.3. The van der Waals surface area contributed by atoms with E-state index in [0.29, 0.717) is 5.56 Å². The first kappa shape index (κ1) is 13.9. The Morgan fingerprint density at radius 2 is 2.00 bits per heavy atom. The maximum Gasteiger partial charge on any atom is 0.325 e. The first-order valence-electron chi connectivity index (χ1n) is 5.49. The SMILES string of the molecule is CCOC(=O)CNC(=O)C=Cc1ccc(F)cc1. The zero-order chi connectivity index (χ0) is 13.4. The van der Waals surface area contributed by atoms with Crippen molar-refractivity contribution in [2.24, 2.45) is 0 Å². The molecule has 0 aliphatic heterocycles. The van der Waals surface area contributed by atoms with Crippen LogP contribution in [0.2, 0.25) is 0 Å². The van der Waals surface area contributed by atoms with Crippen molar-refractivity contribution in [1.29, 1.82) is 0 Å². The molecule has 1 N–H and O–H groups in total. The van der Waals surface area contributed by atoms with Gasteiger partial charge in [0.1, 0.15) is 12.4 Å². The first-order chi connectivity index (χ1) is 8.61. The van der Waals surface area contributed by atoms with Gasteiger partial charge < -0.3 is 10.1 Å². The number of esters is 1. The Bertz CT molecular complexity index is 440. The van der Waals surface area contributed by atoms with E-state index in [1.807, 2.05) is 0 Å². The molecule has 96 valence electrons. The molecule has 0 saturated heterocycles. The van der Waals surface area contributed by atoms with Crippen molar-refractivity contribution in [3.8, 4) is 0 Å². The number of halogens is 1. The van der Waals surface area contributed by atoms with Crippen LogP contribution in [0.25, 0.3) is 6.08 Å². The van der Waals surface area contributed by atoms with Crippen molar-refractivity contribution in [3.05, 3.63) is 41.7 Å². The molecular weight excluding hydrogens is 237 g/mol. The summed E-state index contributed by atoms with van der Waals surface area (Å²) in [7, 11) is 0. The molecule has 0 aliphatic rings. The molecule has 0 atom stereocenters. The maximum absolute atomic E-state index is 12.6. The first-order valence-corrected chi connectivity index (χ1v) is 5.49. The number of carbonyl (C=O) groups is 2. The van der Waals surface area contributed by atoms with E-state index in [0.717, 1.165) is 0 Å². The topological polar surface area (TPSA) is 55.4 Å². The maximum atomic E-state index is 12.6. The molecule has 0 saturated carbocycles. The summed E-state index contributed by atoms with van der Waals surface area (Å²) in [5, 5.41) is 2.37. The zero-order valence-corrected chi connectivity index (χ0v) is 9.98. The molecule has 0 spiro atoms. The number of hydrogen-bond acceptors (Lipinski definition) is 3. The standard InChI is InChI=1S/C13H14FNO3/c1-2-18-13(17)9-15-12(16)8-5-10-3-6-11(14)7-4-10/h3-8H,2,9H2,1H3,(H,15,16). The van der Waals surface area contributed by atoms with Gasteiger partial charge in [0.2, 0.25) is 5.91 Å². The van der Waals surface area contributed by atoms with Crippen molar-refractivity contribution in [1.82, 2.24) is 5.32 Å². The summed E-state index contributed by atoms with van der Waals surface area (Å²) in [6, 6.07) is 5.70. The smallest absolute Gasteiger partial charge is 0.325 e. The van der Waals surface area contributed by atoms with Gasteiger partial charge in [-0.05, 0) is 30.7 Å². The van der Waals surface area contributed by atoms with Crippen LogP contribution in [0.4, 0.5) is 4.39 Å². The number of amides is 1. The number of hydrogen-bond donors (Lipinski definition) is 1. The summed E-state index contributed by atoms with van der Waals surface area (Å²) in [6.45, 7) is 1.80. The number of carbonyl (C=O) groups excluding carboxylic acids is 2. The van der Waals surface area contributed by atoms with Gasteiger partial charge in [0.05, 0.1) is 6.61 Å². The third kappa shape index (κ3) is 5.25. The number of rotatable bonds is 5. The van der Waals surface area contributed by atoms with Gasteiger partial charge in [-0.15, -0.1) is 0 Å². The minimum atomic E-state index is -0.485. The minimum Gasteiger partial charge on any atom is -0.465 e. The fraction of sp³-hybridized carbons (Fsp3) is 0.231. The Kier molecular flexibility index (Phi) is 5.57. The number of benzene rings is 1. The van der Waals surface area contributed by atoms with Crippen molar-refractivity contribution >= 4 is 18.0 Å². The Morgan fingerprint density at radius 1 is 1.33 bits per heavy atom. The molecule has 18 heavy (non-hydrogen) atoms. The minimum absolute atomic E-state index is 0.166. The highest BCUT2D eigenvalue weighted by Gasteiger charge is 2.02. The second-order valence-corrected chi connectivity index (χ2v) is 3.41. The summed E-state index contributed by atoms with van der Waals surface area (Å²) in [5.41, 5.74) is 0.697. The van der Waals surface area contributed by atoms with Gasteiger partial charge in [0.25, 0.3) is 0 Å². The third-order valence-electron chi connectivity index (χ3n) is 2.01. The largest absolute Gasteiger partial charge is 0.465 e. The molecule has 5 heteroatoms. The second kappa shape index (κ2) is 7.21. The van der Waals surface area contributed by atoms with Crippen molar-refractivity contribution < 1.29 is 18.7 Å². The quantitative estimate of drug-likeness (QED) is 0.637. The van der Waals surface area contributed by atoms with Gasteiger partial charge in [0.15, 0.2) is 0 Å². The van der Waals surface area contributed by atoms with Crippen LogP contribution in [0.1, 0.15) is 12.5 Å². The number of nitrogens with one attached hydrogen (secondary N) is 1. The zero-order valence-electron chi connectivity index (χ0n) is 9.98. The van der Waals surface area contributed by atoms with Crippen LogP contribution < -0.4 is 5.32 Å². The van der Waals surface area contributed by atoms with Gasteiger partial charge in [-0.2, -0.15) is 0 Å². The molecule has 1 aromatic rings. The van der Waals surface area contributed by atoms with Gasteiger partial charge in [-0.1, -0.05) is 12.1 Å². The van der Waals surface area contributed by atoms with Gasteiger partial charge in [-0.25, -0.2) is 4.39 Å². The van der Waals surface area contributed by atoms with E-state index in [2.05, 4.69) is 10.1 Å². The van der Waals surface area contributed by atoms with E-state index in [1.54, 1.807) is 19.1 Å². The molecule has 0 bridgehead atoms. The molecular formula is C13H14FNO3. The lowest BCUT2D eigenvalue weighted by molar-refractivity contribution is -0.143. The molecule has 4 nitrogen and oxygen atoms in total. The van der Waals surface area contributed by atoms with Crippen molar-refractivity contribution in [3.63, 3.8) is 0 Å². The third-order valence-corrected chi connectivity index (χ3v) is 2.01. The lowest BCUT2D eigenvalue weighted by atomic mass is 10.2. The summed E-state index contributed by atoms with van der Waals surface area (Å²) >= 11 is 0. The molecule has 0 radical (unpaired) electrons. The van der Waals surface area contributed by atoms with E-state index in [-0.39, 0.29) is 19.0 Å². The van der Waals surface area contributed by atoms with Gasteiger partial charge in [0, 0.05) is 6.08 Å². The van der Waals surface area contributed by atoms with E-state index in [4.69, 9.17) is 0 Å². The van der Waals surface area contributed by atoms with Crippen LogP contribution in [0.15, 0.2) is 30.3 Å². The molecule has 0 aliphatic carbocycles. The summed E-state index contributed by atoms with van der Waals surface area (Å²) in [6.07, 6.45) is 2.80. The Balaban J connectivity index is 2.40. The van der Waals surface area contributed by atoms with E-state index < -0.39 is 11.9 Å². The van der Waals surface area contributed by atoms with Crippen LogP contribution in [-0.4, -0.2) is 25.0 Å². The molecule has 0 heterocycles. The van der Waals surface area contributed by atoms with E-state index >= 15 is 0 Å². The van der Waals surface area contributed by atoms with E-state index in [9.17, 15) is 14.0 Å². The lowest BCUT2D eigenvalue weighted by Gasteiger charge is -2.01. The predicted octanol–water partition coefficient (Wildman–Crippen LogP) is 1.52. The Labute approximate surface area is 104 Å². The fourth-order valence-corrected chi connectivity index (χ4v) is 1.18. The predicted molar refractivity (Wildman–Crippen MR) is 65.1 cm³/mol. The Hall–Kier alpha value is -2.17. The fourth-order valence-electron chi connectivity index (χ4n) is 1.18. The van der Waals surface area contributed by atoms with Crippen LogP contribution in [-0.2, 0) is 14.3 Å². The molecule has 0 fully saturated rings. The number of ether oxygens (including phenoxy) is 1. The van der Waals surface area contributed by atoms with Gasteiger partial charge in [-0.3, -0.25) is 9.59 Å². The summed E-state index contributed by atoms with van der Waals surface area (Å²) < 4.78 is 17.3. The molecule has 1 aromatic carbocycles. The van der Waals surface area contributed by atoms with E-state index in [1.165, 1.54) is 24.3 Å². The highest BCUT2D eigenvalue weighted by molar-refractivity contribution is 5.93. The molecule has 1 rings (SSSR count). The van der Waals surface area contributed by atoms with Gasteiger partial charge >= 0.3 is 5.97 Å². The average molecular weight is 251 g/mol. The molecule has 0 unspecified atom stereocenters. The highest BCUT2D eigenvalue weighted by Crippen LogP contribution is 2.04. The summed E-state index contributed by atoms with van der Waals surface area (Å²) in [5.74, 6) is -1.23. The lowest BCUT2D eigenvalue weighted by Crippen LogP contribution is -2.29. The van der Waals surface area contributed by atoms with Crippen LogP contribution in [0.5, 0.6) is 0 Å². The van der Waals surface area contributed by atoms with Crippen LogP contribution in [0.3, 0.4) is 0 Å². The summed E-state index contributed by atoms with van der Waals surface area (Å²) in [4.78, 5) is 22.3. The van der Waals surface area contributed by atoms with Crippen LogP contribution >= 0.6 is 0 Å². The van der Waals surface area contributed by atoms with Crippen LogP contribution in [0, 0.1) is 5.82 Å². The highest BCUT2D eigenvalue weighted by atomic mass is 19.1. The average Bonchev–Trinajstić information content (AvgIpc) is 2.36. The van der Waals surface area contributed by atoms with Crippen molar-refractivity contribution in [2.75, 3.05) is 13.2 Å². The molecule has 0 aromatic heterocycles. The second-order valence-electron chi connectivity index (χ2n) is 3.41. The molecule has 1 amide bonds. The Morgan fingerprint density at radius 3 is 2.61 bits per heavy atom. The monoisotopic (exact) mass is 251 g/mol. The van der Waals surface area contributed by atoms with Crippen molar-refractivity contribution in [2.45, 2.75) is 6.92 Å².